The van der Waals surface area contributed by atoms with Crippen molar-refractivity contribution >= 4 is 60.5 Å². The van der Waals surface area contributed by atoms with Crippen LogP contribution in [0.3, 0.4) is 0 Å². The van der Waals surface area contributed by atoms with Gasteiger partial charge in [-0.3, -0.25) is 9.59 Å². The van der Waals surface area contributed by atoms with Crippen LogP contribution in [-0.4, -0.2) is 29.9 Å². The first kappa shape index (κ1) is 19.3. The Morgan fingerprint density at radius 3 is 2.48 bits per heavy atom. The molecule has 0 spiro atoms. The Kier molecular flexibility index (Phi) is 5.76. The van der Waals surface area contributed by atoms with Gasteiger partial charge >= 0.3 is 0 Å². The maximum atomic E-state index is 12.7. The summed E-state index contributed by atoms with van der Waals surface area (Å²) in [5.41, 5.74) is 2.26. The van der Waals surface area contributed by atoms with Crippen molar-refractivity contribution in [3.8, 4) is 0 Å². The van der Waals surface area contributed by atoms with Crippen LogP contribution in [0, 0.1) is 6.92 Å². The third kappa shape index (κ3) is 4.28. The second-order valence-electron chi connectivity index (χ2n) is 6.11. The molecule has 0 atom stereocenters. The van der Waals surface area contributed by atoms with E-state index in [2.05, 4.69) is 34.4 Å². The summed E-state index contributed by atoms with van der Waals surface area (Å²) in [4.78, 5) is 32.3. The number of hydrogen-bond donors (Lipinski definition) is 2. The van der Waals surface area contributed by atoms with Crippen LogP contribution in [0.4, 0.5) is 16.5 Å². The molecule has 2 heterocycles. The molecule has 27 heavy (non-hydrogen) atoms. The normalized spacial score (nSPS) is 10.8. The molecule has 0 saturated heterocycles. The van der Waals surface area contributed by atoms with Crippen molar-refractivity contribution in [2.75, 3.05) is 28.6 Å². The Bertz CT molecular complexity index is 957. The van der Waals surface area contributed by atoms with E-state index in [0.29, 0.717) is 16.3 Å². The van der Waals surface area contributed by atoms with Crippen LogP contribution in [0.25, 0.3) is 9.53 Å². The molecule has 2 N–H and O–H groups in total. The molecule has 0 aliphatic carbocycles. The zero-order valence-corrected chi connectivity index (χ0v) is 17.4. The lowest BCUT2D eigenvalue weighted by Gasteiger charge is -2.16. The van der Waals surface area contributed by atoms with Crippen molar-refractivity contribution < 1.29 is 9.59 Å². The molecule has 142 valence electrons. The van der Waals surface area contributed by atoms with Crippen LogP contribution in [0.15, 0.2) is 24.3 Å². The van der Waals surface area contributed by atoms with E-state index in [9.17, 15) is 9.59 Å². The molecular formula is C19H22N4O2S2. The Morgan fingerprint density at radius 1 is 1.11 bits per heavy atom. The van der Waals surface area contributed by atoms with Crippen LogP contribution in [0.1, 0.15) is 36.0 Å². The Hall–Kier alpha value is -2.45. The number of rotatable bonds is 6. The first-order chi connectivity index (χ1) is 12.9. The van der Waals surface area contributed by atoms with E-state index >= 15 is 0 Å². The fraction of sp³-hybridized carbons (Fsp3) is 0.316. The molecule has 0 bridgehead atoms. The van der Waals surface area contributed by atoms with E-state index in [1.165, 1.54) is 18.3 Å². The monoisotopic (exact) mass is 402 g/mol. The van der Waals surface area contributed by atoms with Crippen molar-refractivity contribution in [3.05, 3.63) is 34.7 Å². The lowest BCUT2D eigenvalue weighted by molar-refractivity contribution is -0.114. The number of hydrogen-bond acceptors (Lipinski definition) is 6. The van der Waals surface area contributed by atoms with Crippen LogP contribution < -0.4 is 15.5 Å². The Balaban J connectivity index is 1.80. The molecule has 0 aliphatic rings. The molecular weight excluding hydrogens is 380 g/mol. The number of thiazole rings is 1. The van der Waals surface area contributed by atoms with Gasteiger partial charge in [0.2, 0.25) is 5.91 Å². The number of carbonyl (C=O) groups is 2. The summed E-state index contributed by atoms with van der Waals surface area (Å²) in [5, 5.41) is 6.66. The van der Waals surface area contributed by atoms with Gasteiger partial charge in [-0.2, -0.15) is 0 Å². The lowest BCUT2D eigenvalue weighted by Crippen LogP contribution is -2.21. The Labute approximate surface area is 166 Å². The van der Waals surface area contributed by atoms with Crippen molar-refractivity contribution in [1.82, 2.24) is 4.98 Å². The highest BCUT2D eigenvalue weighted by molar-refractivity contribution is 7.29. The van der Waals surface area contributed by atoms with Crippen LogP contribution in [0.2, 0.25) is 0 Å². The van der Waals surface area contributed by atoms with E-state index in [0.717, 1.165) is 33.3 Å². The van der Waals surface area contributed by atoms with Gasteiger partial charge in [-0.05, 0) is 44.5 Å². The quantitative estimate of drug-likeness (QED) is 0.625. The third-order valence-corrected chi connectivity index (χ3v) is 6.36. The van der Waals surface area contributed by atoms with Gasteiger partial charge in [0.15, 0.2) is 5.13 Å². The van der Waals surface area contributed by atoms with Crippen LogP contribution in [-0.2, 0) is 4.79 Å². The van der Waals surface area contributed by atoms with E-state index in [4.69, 9.17) is 0 Å². The fourth-order valence-corrected chi connectivity index (χ4v) is 4.92. The molecule has 3 aromatic rings. The number of aromatic nitrogens is 1. The summed E-state index contributed by atoms with van der Waals surface area (Å²) >= 11 is 3.00. The minimum Gasteiger partial charge on any atom is -0.349 e. The average molecular weight is 403 g/mol. The fourth-order valence-electron chi connectivity index (χ4n) is 2.69. The number of thiophene rings is 1. The van der Waals surface area contributed by atoms with Gasteiger partial charge in [0.1, 0.15) is 4.83 Å². The molecule has 0 unspecified atom stereocenters. The van der Waals surface area contributed by atoms with Crippen molar-refractivity contribution in [2.24, 2.45) is 0 Å². The summed E-state index contributed by atoms with van der Waals surface area (Å²) in [5.74, 6) is -0.317. The zero-order valence-electron chi connectivity index (χ0n) is 15.8. The van der Waals surface area contributed by atoms with Crippen molar-refractivity contribution in [2.45, 2.75) is 27.7 Å². The van der Waals surface area contributed by atoms with E-state index in [1.807, 2.05) is 25.1 Å². The summed E-state index contributed by atoms with van der Waals surface area (Å²) < 4.78 is 1.02. The largest absolute Gasteiger partial charge is 0.349 e. The van der Waals surface area contributed by atoms with Gasteiger partial charge in [0.25, 0.3) is 5.91 Å². The van der Waals surface area contributed by atoms with Gasteiger partial charge in [0.05, 0.1) is 9.58 Å². The summed E-state index contributed by atoms with van der Waals surface area (Å²) in [6, 6.07) is 7.34. The highest BCUT2D eigenvalue weighted by atomic mass is 32.1. The molecule has 3 rings (SSSR count). The molecule has 2 amide bonds. The van der Waals surface area contributed by atoms with Crippen LogP contribution >= 0.6 is 22.7 Å². The molecule has 0 radical (unpaired) electrons. The van der Waals surface area contributed by atoms with Gasteiger partial charge < -0.3 is 15.5 Å². The number of carbonyl (C=O) groups excluding carboxylic acids is 2. The Morgan fingerprint density at radius 2 is 1.85 bits per heavy atom. The smallest absolute Gasteiger partial charge is 0.265 e. The van der Waals surface area contributed by atoms with E-state index < -0.39 is 0 Å². The SMILES string of the molecule is CCN(CC)c1nc2sc(C(=O)Nc3cc(NC(C)=O)ccc3C)cc2s1. The molecule has 0 saturated carbocycles. The highest BCUT2D eigenvalue weighted by Gasteiger charge is 2.17. The maximum Gasteiger partial charge on any atom is 0.265 e. The number of nitrogens with zero attached hydrogens (tertiary/aromatic N) is 2. The number of anilines is 3. The molecule has 2 aromatic heterocycles. The summed E-state index contributed by atoms with van der Waals surface area (Å²) in [6.07, 6.45) is 0. The predicted molar refractivity (Wildman–Crippen MR) is 114 cm³/mol. The predicted octanol–water partition coefficient (Wildman–Crippen LogP) is 4.72. The average Bonchev–Trinajstić information content (AvgIpc) is 3.17. The standard InChI is InChI=1S/C19H22N4O2S2/c1-5-23(6-2)19-22-18-16(27-19)10-15(26-18)17(25)21-14-9-13(20-12(4)24)8-7-11(14)3/h7-10H,5-6H2,1-4H3,(H,20,24)(H,21,25). The highest BCUT2D eigenvalue weighted by Crippen LogP contribution is 2.35. The summed E-state index contributed by atoms with van der Waals surface area (Å²) in [6.45, 7) is 9.40. The number of amides is 2. The zero-order chi connectivity index (χ0) is 19.6. The van der Waals surface area contributed by atoms with Gasteiger partial charge in [-0.15, -0.1) is 11.3 Å². The minimum absolute atomic E-state index is 0.148. The second kappa shape index (κ2) is 8.06. The molecule has 6 nitrogen and oxygen atoms in total. The first-order valence-electron chi connectivity index (χ1n) is 8.76. The topological polar surface area (TPSA) is 74.3 Å². The maximum absolute atomic E-state index is 12.7. The summed E-state index contributed by atoms with van der Waals surface area (Å²) in [7, 11) is 0. The second-order valence-corrected chi connectivity index (χ2v) is 8.15. The number of fused-ring (bicyclic) bond motifs is 1. The number of benzene rings is 1. The molecule has 8 heteroatoms. The van der Waals surface area contributed by atoms with Crippen LogP contribution in [0.5, 0.6) is 0 Å². The number of aryl methyl sites for hydroxylation is 1. The third-order valence-electron chi connectivity index (χ3n) is 4.14. The molecule has 0 fully saturated rings. The van der Waals surface area contributed by atoms with Crippen molar-refractivity contribution in [3.63, 3.8) is 0 Å². The lowest BCUT2D eigenvalue weighted by atomic mass is 10.1. The van der Waals surface area contributed by atoms with Crippen molar-refractivity contribution in [1.29, 1.82) is 0 Å². The minimum atomic E-state index is -0.169. The number of nitrogens with one attached hydrogen (secondary N) is 2. The van der Waals surface area contributed by atoms with Gasteiger partial charge in [-0.1, -0.05) is 17.4 Å². The van der Waals surface area contributed by atoms with Gasteiger partial charge in [0, 0.05) is 31.4 Å². The molecule has 0 aliphatic heterocycles. The van der Waals surface area contributed by atoms with E-state index in [-0.39, 0.29) is 11.8 Å². The van der Waals surface area contributed by atoms with Gasteiger partial charge in [-0.25, -0.2) is 4.98 Å². The molecule has 1 aromatic carbocycles. The first-order valence-corrected chi connectivity index (χ1v) is 10.4. The van der Waals surface area contributed by atoms with E-state index in [1.54, 1.807) is 17.4 Å².